The molecule has 30 heavy (non-hydrogen) atoms. The smallest absolute Gasteiger partial charge is 0.267 e. The summed E-state index contributed by atoms with van der Waals surface area (Å²) in [7, 11) is -3.97. The second-order valence-electron chi connectivity index (χ2n) is 6.93. The standard InChI is InChI=1S/C23H20N2O4S/c1-16-7-10-19(11-8-16)30(27,28)25-23(26)21-14-24-22-12-9-18(13-20(21)22)29-15-17-5-3-2-4-6-17/h2-14,24H,15H2,1H3,(H,25,26). The minimum Gasteiger partial charge on any atom is -0.489 e. The van der Waals surface area contributed by atoms with Gasteiger partial charge in [0.25, 0.3) is 15.9 Å². The summed E-state index contributed by atoms with van der Waals surface area (Å²) < 4.78 is 33.0. The maximum atomic E-state index is 12.7. The minimum absolute atomic E-state index is 0.0353. The van der Waals surface area contributed by atoms with E-state index < -0.39 is 15.9 Å². The second-order valence-corrected chi connectivity index (χ2v) is 8.61. The molecule has 152 valence electrons. The first-order valence-electron chi connectivity index (χ1n) is 9.34. The van der Waals surface area contributed by atoms with Gasteiger partial charge in [-0.05, 0) is 42.8 Å². The largest absolute Gasteiger partial charge is 0.489 e. The van der Waals surface area contributed by atoms with E-state index in [1.807, 2.05) is 37.3 Å². The highest BCUT2D eigenvalue weighted by Crippen LogP contribution is 2.25. The zero-order valence-electron chi connectivity index (χ0n) is 16.3. The number of aryl methyl sites for hydroxylation is 1. The van der Waals surface area contributed by atoms with Crippen molar-refractivity contribution >= 4 is 26.8 Å². The van der Waals surface area contributed by atoms with Gasteiger partial charge in [0, 0.05) is 17.1 Å². The molecule has 0 bridgehead atoms. The average molecular weight is 420 g/mol. The van der Waals surface area contributed by atoms with Gasteiger partial charge in [0.05, 0.1) is 10.5 Å². The molecule has 4 rings (SSSR count). The van der Waals surface area contributed by atoms with E-state index in [4.69, 9.17) is 4.74 Å². The fourth-order valence-corrected chi connectivity index (χ4v) is 4.04. The summed E-state index contributed by atoms with van der Waals surface area (Å²) in [6.07, 6.45) is 1.49. The van der Waals surface area contributed by atoms with Crippen LogP contribution in [0.1, 0.15) is 21.5 Å². The molecule has 0 fully saturated rings. The molecule has 0 aliphatic carbocycles. The van der Waals surface area contributed by atoms with Crippen molar-refractivity contribution in [3.05, 3.63) is 95.7 Å². The third-order valence-corrected chi connectivity index (χ3v) is 6.05. The van der Waals surface area contributed by atoms with E-state index in [-0.39, 0.29) is 10.5 Å². The Hall–Kier alpha value is -3.58. The van der Waals surface area contributed by atoms with Crippen LogP contribution in [0.25, 0.3) is 10.9 Å². The number of rotatable bonds is 6. The Kier molecular flexibility index (Phi) is 5.29. The van der Waals surface area contributed by atoms with Gasteiger partial charge < -0.3 is 9.72 Å². The van der Waals surface area contributed by atoms with Crippen LogP contribution in [0, 0.1) is 6.92 Å². The lowest BCUT2D eigenvalue weighted by molar-refractivity contribution is 0.0983. The molecule has 0 atom stereocenters. The summed E-state index contributed by atoms with van der Waals surface area (Å²) in [5.74, 6) is -0.122. The van der Waals surface area contributed by atoms with E-state index in [2.05, 4.69) is 9.71 Å². The predicted molar refractivity (Wildman–Crippen MR) is 115 cm³/mol. The molecular weight excluding hydrogens is 400 g/mol. The molecule has 3 aromatic carbocycles. The van der Waals surface area contributed by atoms with Crippen LogP contribution in [0.15, 0.2) is 83.9 Å². The molecule has 0 aliphatic heterocycles. The summed E-state index contributed by atoms with van der Waals surface area (Å²) in [6, 6.07) is 21.3. The molecule has 1 heterocycles. The molecule has 0 unspecified atom stereocenters. The maximum Gasteiger partial charge on any atom is 0.267 e. The Balaban J connectivity index is 1.56. The summed E-state index contributed by atoms with van der Waals surface area (Å²) in [6.45, 7) is 2.25. The van der Waals surface area contributed by atoms with Crippen molar-refractivity contribution < 1.29 is 17.9 Å². The molecule has 1 aromatic heterocycles. The number of aromatic nitrogens is 1. The Morgan fingerprint density at radius 2 is 1.73 bits per heavy atom. The molecule has 7 heteroatoms. The van der Waals surface area contributed by atoms with Crippen molar-refractivity contribution in [1.82, 2.24) is 9.71 Å². The quantitative estimate of drug-likeness (QED) is 0.490. The normalized spacial score (nSPS) is 11.4. The molecule has 0 saturated carbocycles. The highest BCUT2D eigenvalue weighted by molar-refractivity contribution is 7.90. The number of amides is 1. The second kappa shape index (κ2) is 8.04. The Bertz CT molecular complexity index is 1290. The molecule has 0 aliphatic rings. The number of H-pyrrole nitrogens is 1. The fourth-order valence-electron chi connectivity index (χ4n) is 3.07. The molecule has 4 aromatic rings. The van der Waals surface area contributed by atoms with Crippen molar-refractivity contribution in [2.24, 2.45) is 0 Å². The number of aromatic amines is 1. The van der Waals surface area contributed by atoms with Gasteiger partial charge in [-0.2, -0.15) is 0 Å². The molecular formula is C23H20N2O4S. The Morgan fingerprint density at radius 3 is 2.47 bits per heavy atom. The van der Waals surface area contributed by atoms with Crippen LogP contribution in [0.3, 0.4) is 0 Å². The third-order valence-electron chi connectivity index (χ3n) is 4.70. The first-order valence-corrected chi connectivity index (χ1v) is 10.8. The van der Waals surface area contributed by atoms with Crippen molar-refractivity contribution in [3.8, 4) is 5.75 Å². The zero-order chi connectivity index (χ0) is 21.1. The van der Waals surface area contributed by atoms with Gasteiger partial charge in [0.2, 0.25) is 0 Å². The van der Waals surface area contributed by atoms with E-state index in [1.54, 1.807) is 30.3 Å². The molecule has 2 N–H and O–H groups in total. The van der Waals surface area contributed by atoms with Crippen LogP contribution >= 0.6 is 0 Å². The summed E-state index contributed by atoms with van der Waals surface area (Å²) in [4.78, 5) is 15.7. The van der Waals surface area contributed by atoms with Crippen molar-refractivity contribution in [3.63, 3.8) is 0 Å². The molecule has 0 spiro atoms. The number of carbonyl (C=O) groups excluding carboxylic acids is 1. The van der Waals surface area contributed by atoms with Gasteiger partial charge in [-0.1, -0.05) is 48.0 Å². The molecule has 0 saturated heterocycles. The summed E-state index contributed by atoms with van der Waals surface area (Å²) >= 11 is 0. The molecule has 0 radical (unpaired) electrons. The van der Waals surface area contributed by atoms with Crippen LogP contribution in [0.5, 0.6) is 5.75 Å². The van der Waals surface area contributed by atoms with Gasteiger partial charge in [0.1, 0.15) is 12.4 Å². The SMILES string of the molecule is Cc1ccc(S(=O)(=O)NC(=O)c2c[nH]c3ccc(OCc4ccccc4)cc23)cc1. The van der Waals surface area contributed by atoms with Crippen LogP contribution in [-0.4, -0.2) is 19.3 Å². The maximum absolute atomic E-state index is 12.7. The van der Waals surface area contributed by atoms with E-state index >= 15 is 0 Å². The topological polar surface area (TPSA) is 88.3 Å². The Morgan fingerprint density at radius 1 is 1.00 bits per heavy atom. The monoisotopic (exact) mass is 420 g/mol. The molecule has 6 nitrogen and oxygen atoms in total. The first kappa shape index (κ1) is 19.7. The van der Waals surface area contributed by atoms with Crippen LogP contribution in [0.2, 0.25) is 0 Å². The molecule has 1 amide bonds. The number of sulfonamides is 1. The number of hydrogen-bond donors (Lipinski definition) is 2. The lowest BCUT2D eigenvalue weighted by Gasteiger charge is -2.08. The highest BCUT2D eigenvalue weighted by atomic mass is 32.2. The average Bonchev–Trinajstić information content (AvgIpc) is 3.16. The van der Waals surface area contributed by atoms with Gasteiger partial charge in [-0.3, -0.25) is 4.79 Å². The van der Waals surface area contributed by atoms with Crippen molar-refractivity contribution in [2.45, 2.75) is 18.4 Å². The zero-order valence-corrected chi connectivity index (χ0v) is 17.1. The lowest BCUT2D eigenvalue weighted by atomic mass is 10.1. The van der Waals surface area contributed by atoms with Gasteiger partial charge in [-0.25, -0.2) is 13.1 Å². The Labute approximate surface area is 174 Å². The number of hydrogen-bond acceptors (Lipinski definition) is 4. The minimum atomic E-state index is -3.97. The van der Waals surface area contributed by atoms with Crippen molar-refractivity contribution in [1.29, 1.82) is 0 Å². The summed E-state index contributed by atoms with van der Waals surface area (Å²) in [5, 5.41) is 0.581. The van der Waals surface area contributed by atoms with E-state index in [0.717, 1.165) is 11.1 Å². The van der Waals surface area contributed by atoms with Crippen molar-refractivity contribution in [2.75, 3.05) is 0 Å². The predicted octanol–water partition coefficient (Wildman–Crippen LogP) is 4.17. The van der Waals surface area contributed by atoms with E-state index in [9.17, 15) is 13.2 Å². The number of nitrogens with one attached hydrogen (secondary N) is 2. The lowest BCUT2D eigenvalue weighted by Crippen LogP contribution is -2.30. The van der Waals surface area contributed by atoms with Crippen LogP contribution < -0.4 is 9.46 Å². The fraction of sp³-hybridized carbons (Fsp3) is 0.0870. The number of fused-ring (bicyclic) bond motifs is 1. The van der Waals surface area contributed by atoms with Gasteiger partial charge >= 0.3 is 0 Å². The first-order chi connectivity index (χ1) is 14.4. The number of carbonyl (C=O) groups is 1. The third kappa shape index (κ3) is 4.21. The van der Waals surface area contributed by atoms with Gasteiger partial charge in [0.15, 0.2) is 0 Å². The number of benzene rings is 3. The van der Waals surface area contributed by atoms with Crippen LogP contribution in [0.4, 0.5) is 0 Å². The van der Waals surface area contributed by atoms with E-state index in [1.165, 1.54) is 18.3 Å². The van der Waals surface area contributed by atoms with E-state index in [0.29, 0.717) is 23.3 Å². The number of ether oxygens (including phenoxy) is 1. The van der Waals surface area contributed by atoms with Gasteiger partial charge in [-0.15, -0.1) is 0 Å². The summed E-state index contributed by atoms with van der Waals surface area (Å²) in [5.41, 5.74) is 2.89. The highest BCUT2D eigenvalue weighted by Gasteiger charge is 2.21. The van der Waals surface area contributed by atoms with Crippen LogP contribution in [-0.2, 0) is 16.6 Å².